The monoisotopic (exact) mass is 285 g/mol. The maximum absolute atomic E-state index is 10.3. The average molecular weight is 285 g/mol. The van der Waals surface area contributed by atoms with Crippen LogP contribution in [0.4, 0.5) is 0 Å². The third-order valence-electron chi connectivity index (χ3n) is 5.51. The van der Waals surface area contributed by atoms with Gasteiger partial charge in [-0.1, -0.05) is 25.1 Å². The molecule has 3 heteroatoms. The lowest BCUT2D eigenvalue weighted by Crippen LogP contribution is -2.39. The van der Waals surface area contributed by atoms with Crippen molar-refractivity contribution in [3.8, 4) is 11.5 Å². The van der Waals surface area contributed by atoms with Crippen LogP contribution in [-0.4, -0.2) is 29.7 Å². The first-order valence-corrected chi connectivity index (χ1v) is 7.97. The Bertz CT molecular complexity index is 609. The van der Waals surface area contributed by atoms with E-state index in [0.29, 0.717) is 11.7 Å². The van der Waals surface area contributed by atoms with Crippen LogP contribution in [0.25, 0.3) is 0 Å². The summed E-state index contributed by atoms with van der Waals surface area (Å²) in [7, 11) is 2.18. The van der Waals surface area contributed by atoms with E-state index in [1.54, 1.807) is 6.07 Å². The first kappa shape index (κ1) is 13.2. The summed E-state index contributed by atoms with van der Waals surface area (Å²) in [5.41, 5.74) is 2.67. The Labute approximate surface area is 126 Å². The number of phenols is 1. The molecule has 3 atom stereocenters. The van der Waals surface area contributed by atoms with Gasteiger partial charge in [0.2, 0.25) is 0 Å². The molecular weight excluding hydrogens is 262 g/mol. The van der Waals surface area contributed by atoms with Crippen molar-refractivity contribution in [2.75, 3.05) is 13.6 Å². The number of aromatic hydroxyl groups is 1. The van der Waals surface area contributed by atoms with Crippen molar-refractivity contribution in [3.05, 3.63) is 35.4 Å². The number of benzene rings is 1. The summed E-state index contributed by atoms with van der Waals surface area (Å²) in [6, 6.07) is 3.88. The summed E-state index contributed by atoms with van der Waals surface area (Å²) in [4.78, 5) is 2.38. The second-order valence-electron chi connectivity index (χ2n) is 7.04. The normalized spacial score (nSPS) is 34.6. The van der Waals surface area contributed by atoms with E-state index < -0.39 is 0 Å². The van der Waals surface area contributed by atoms with Gasteiger partial charge in [0, 0.05) is 17.5 Å². The van der Waals surface area contributed by atoms with Crippen LogP contribution in [0.1, 0.15) is 37.3 Å². The molecule has 0 radical (unpaired) electrons. The van der Waals surface area contributed by atoms with E-state index in [1.807, 2.05) is 0 Å². The minimum atomic E-state index is 0.0510. The van der Waals surface area contributed by atoms with E-state index in [-0.39, 0.29) is 11.5 Å². The SMILES string of the molecule is CC1C=CCC23CCN(C)Cc4ccc(O)c(c42)OC3C1. The summed E-state index contributed by atoms with van der Waals surface area (Å²) < 4.78 is 6.29. The predicted octanol–water partition coefficient (Wildman–Crippen LogP) is 3.21. The van der Waals surface area contributed by atoms with Gasteiger partial charge in [-0.3, -0.25) is 0 Å². The summed E-state index contributed by atoms with van der Waals surface area (Å²) in [6.07, 6.45) is 8.02. The molecule has 3 unspecified atom stereocenters. The van der Waals surface area contributed by atoms with Crippen LogP contribution in [0.15, 0.2) is 24.3 Å². The maximum atomic E-state index is 10.3. The molecule has 2 heterocycles. The zero-order valence-electron chi connectivity index (χ0n) is 12.8. The summed E-state index contributed by atoms with van der Waals surface area (Å²) >= 11 is 0. The Morgan fingerprint density at radius 2 is 2.24 bits per heavy atom. The average Bonchev–Trinajstić information content (AvgIpc) is 2.57. The van der Waals surface area contributed by atoms with E-state index in [0.717, 1.165) is 38.1 Å². The van der Waals surface area contributed by atoms with Crippen LogP contribution in [0.2, 0.25) is 0 Å². The molecule has 1 aromatic carbocycles. The topological polar surface area (TPSA) is 32.7 Å². The fourth-order valence-electron chi connectivity index (χ4n) is 4.41. The fraction of sp³-hybridized carbons (Fsp3) is 0.556. The molecule has 0 bridgehead atoms. The Morgan fingerprint density at radius 1 is 1.38 bits per heavy atom. The molecule has 0 aromatic heterocycles. The number of ether oxygens (including phenoxy) is 1. The van der Waals surface area contributed by atoms with E-state index >= 15 is 0 Å². The largest absolute Gasteiger partial charge is 0.504 e. The molecular formula is C18H23NO2. The summed E-state index contributed by atoms with van der Waals surface area (Å²) in [5, 5.41) is 10.3. The van der Waals surface area contributed by atoms with Crippen LogP contribution in [0.5, 0.6) is 11.5 Å². The van der Waals surface area contributed by atoms with Gasteiger partial charge in [-0.25, -0.2) is 0 Å². The van der Waals surface area contributed by atoms with Gasteiger partial charge >= 0.3 is 0 Å². The van der Waals surface area contributed by atoms with Gasteiger partial charge < -0.3 is 14.7 Å². The highest BCUT2D eigenvalue weighted by molar-refractivity contribution is 5.58. The minimum Gasteiger partial charge on any atom is -0.504 e. The molecule has 3 nitrogen and oxygen atoms in total. The highest BCUT2D eigenvalue weighted by Gasteiger charge is 2.52. The van der Waals surface area contributed by atoms with E-state index in [4.69, 9.17) is 4.74 Å². The highest BCUT2D eigenvalue weighted by Crippen LogP contribution is 2.56. The van der Waals surface area contributed by atoms with E-state index in [9.17, 15) is 5.11 Å². The fourth-order valence-corrected chi connectivity index (χ4v) is 4.41. The van der Waals surface area contributed by atoms with Gasteiger partial charge in [0.05, 0.1) is 0 Å². The van der Waals surface area contributed by atoms with E-state index in [2.05, 4.69) is 37.1 Å². The van der Waals surface area contributed by atoms with Crippen molar-refractivity contribution < 1.29 is 9.84 Å². The van der Waals surface area contributed by atoms with Crippen molar-refractivity contribution >= 4 is 0 Å². The Kier molecular flexibility index (Phi) is 2.83. The molecule has 3 aliphatic rings. The molecule has 1 spiro atoms. The highest BCUT2D eigenvalue weighted by atomic mass is 16.5. The second-order valence-corrected chi connectivity index (χ2v) is 7.04. The summed E-state index contributed by atoms with van der Waals surface area (Å²) in [6.45, 7) is 4.28. The number of nitrogens with zero attached hydrogens (tertiary/aromatic N) is 1. The molecule has 112 valence electrons. The quantitative estimate of drug-likeness (QED) is 0.743. The van der Waals surface area contributed by atoms with Gasteiger partial charge in [0.15, 0.2) is 11.5 Å². The zero-order valence-corrected chi connectivity index (χ0v) is 12.8. The van der Waals surface area contributed by atoms with Gasteiger partial charge in [-0.2, -0.15) is 0 Å². The van der Waals surface area contributed by atoms with Crippen molar-refractivity contribution in [1.82, 2.24) is 4.90 Å². The van der Waals surface area contributed by atoms with Gasteiger partial charge in [-0.05, 0) is 50.4 Å². The predicted molar refractivity (Wildman–Crippen MR) is 82.7 cm³/mol. The number of rotatable bonds is 0. The number of phenolic OH excluding ortho intramolecular Hbond substituents is 1. The van der Waals surface area contributed by atoms with Gasteiger partial charge in [0.1, 0.15) is 6.10 Å². The molecule has 21 heavy (non-hydrogen) atoms. The number of hydrogen-bond acceptors (Lipinski definition) is 3. The third-order valence-corrected chi connectivity index (χ3v) is 5.51. The smallest absolute Gasteiger partial charge is 0.165 e. The van der Waals surface area contributed by atoms with Crippen LogP contribution in [-0.2, 0) is 12.0 Å². The third kappa shape index (κ3) is 1.83. The van der Waals surface area contributed by atoms with Crippen LogP contribution < -0.4 is 4.74 Å². The Hall–Kier alpha value is -1.48. The van der Waals surface area contributed by atoms with Crippen LogP contribution >= 0.6 is 0 Å². The maximum Gasteiger partial charge on any atom is 0.165 e. The number of hydrogen-bond donors (Lipinski definition) is 1. The lowest BCUT2D eigenvalue weighted by atomic mass is 9.70. The Morgan fingerprint density at radius 3 is 3.10 bits per heavy atom. The first-order chi connectivity index (χ1) is 10.1. The van der Waals surface area contributed by atoms with Crippen LogP contribution in [0.3, 0.4) is 0 Å². The molecule has 4 rings (SSSR count). The molecule has 1 N–H and O–H groups in total. The first-order valence-electron chi connectivity index (χ1n) is 7.97. The standard InChI is InChI=1S/C18H23NO2/c1-12-4-3-7-18-8-9-19(2)11-13-5-6-14(20)17(16(13)18)21-15(18)10-12/h3-6,12,15,20H,7-11H2,1-2H3. The minimum absolute atomic E-state index is 0.0510. The number of allylic oxidation sites excluding steroid dienone is 2. The molecule has 0 amide bonds. The molecule has 0 saturated heterocycles. The summed E-state index contributed by atoms with van der Waals surface area (Å²) in [5.74, 6) is 1.60. The second kappa shape index (κ2) is 4.51. The van der Waals surface area contributed by atoms with Crippen molar-refractivity contribution in [3.63, 3.8) is 0 Å². The lowest BCUT2D eigenvalue weighted by molar-refractivity contribution is 0.115. The molecule has 1 aliphatic carbocycles. The van der Waals surface area contributed by atoms with Crippen LogP contribution in [0, 0.1) is 5.92 Å². The molecule has 1 aromatic rings. The van der Waals surface area contributed by atoms with Crippen molar-refractivity contribution in [2.24, 2.45) is 5.92 Å². The Balaban J connectivity index is 1.93. The van der Waals surface area contributed by atoms with E-state index in [1.165, 1.54) is 11.1 Å². The molecule has 2 aliphatic heterocycles. The van der Waals surface area contributed by atoms with Crippen molar-refractivity contribution in [2.45, 2.75) is 44.2 Å². The molecule has 0 fully saturated rings. The molecule has 0 saturated carbocycles. The zero-order chi connectivity index (χ0) is 14.6. The lowest BCUT2D eigenvalue weighted by Gasteiger charge is -2.33. The van der Waals surface area contributed by atoms with Crippen molar-refractivity contribution in [1.29, 1.82) is 0 Å². The van der Waals surface area contributed by atoms with Gasteiger partial charge in [-0.15, -0.1) is 0 Å². The van der Waals surface area contributed by atoms with Gasteiger partial charge in [0.25, 0.3) is 0 Å².